The molecule has 0 saturated carbocycles. The van der Waals surface area contributed by atoms with Crippen LogP contribution in [0.3, 0.4) is 0 Å². The molecule has 1 aliphatic rings. The van der Waals surface area contributed by atoms with E-state index in [1.165, 1.54) is 0 Å². The lowest BCUT2D eigenvalue weighted by Gasteiger charge is -2.27. The Morgan fingerprint density at radius 2 is 1.92 bits per heavy atom. The van der Waals surface area contributed by atoms with E-state index >= 15 is 0 Å². The van der Waals surface area contributed by atoms with Crippen LogP contribution >= 0.6 is 12.4 Å². The average Bonchev–Trinajstić information content (AvgIpc) is 2.98. The number of hydrogen-bond donors (Lipinski definition) is 1. The smallest absolute Gasteiger partial charge is 0.254 e. The Kier molecular flexibility index (Phi) is 6.04. The molecular formula is C19H22ClN3O2. The molecule has 132 valence electrons. The van der Waals surface area contributed by atoms with Gasteiger partial charge in [-0.1, -0.05) is 24.3 Å². The fraction of sp³-hybridized carbons (Fsp3) is 0.263. The van der Waals surface area contributed by atoms with Crippen molar-refractivity contribution in [2.75, 3.05) is 23.7 Å². The quantitative estimate of drug-likeness (QED) is 0.853. The molecule has 0 spiro atoms. The van der Waals surface area contributed by atoms with E-state index in [0.29, 0.717) is 30.8 Å². The van der Waals surface area contributed by atoms with Crippen LogP contribution in [0.25, 0.3) is 0 Å². The van der Waals surface area contributed by atoms with Crippen molar-refractivity contribution in [3.05, 3.63) is 60.2 Å². The molecule has 1 aliphatic heterocycles. The summed E-state index contributed by atoms with van der Waals surface area (Å²) >= 11 is 0. The topological polar surface area (TPSA) is 66.6 Å². The van der Waals surface area contributed by atoms with Crippen molar-refractivity contribution in [1.82, 2.24) is 4.90 Å². The van der Waals surface area contributed by atoms with E-state index in [2.05, 4.69) is 0 Å². The number of likely N-dealkylation sites (N-methyl/N-ethyl adjacent to an activating group) is 1. The van der Waals surface area contributed by atoms with Crippen LogP contribution in [0.4, 0.5) is 11.4 Å². The number of carbonyl (C=O) groups is 2. The first-order valence-corrected chi connectivity index (χ1v) is 8.14. The van der Waals surface area contributed by atoms with Gasteiger partial charge in [0.2, 0.25) is 5.91 Å². The van der Waals surface area contributed by atoms with E-state index in [1.807, 2.05) is 37.3 Å². The molecule has 0 bridgehead atoms. The summed E-state index contributed by atoms with van der Waals surface area (Å²) in [5, 5.41) is 0. The van der Waals surface area contributed by atoms with Gasteiger partial charge >= 0.3 is 0 Å². The second-order valence-corrected chi connectivity index (χ2v) is 5.85. The number of nitrogens with zero attached hydrogens (tertiary/aromatic N) is 2. The number of rotatable bonds is 4. The molecule has 2 aromatic rings. The lowest BCUT2D eigenvalue weighted by Crippen LogP contribution is -2.45. The Hall–Kier alpha value is -2.53. The zero-order valence-corrected chi connectivity index (χ0v) is 14.9. The third kappa shape index (κ3) is 3.77. The van der Waals surface area contributed by atoms with Crippen LogP contribution in [-0.4, -0.2) is 35.8 Å². The minimum atomic E-state index is -0.427. The van der Waals surface area contributed by atoms with Gasteiger partial charge < -0.3 is 15.5 Å². The molecule has 2 aromatic carbocycles. The third-order valence-corrected chi connectivity index (χ3v) is 4.36. The van der Waals surface area contributed by atoms with Crippen molar-refractivity contribution in [3.63, 3.8) is 0 Å². The van der Waals surface area contributed by atoms with Crippen LogP contribution in [0.2, 0.25) is 0 Å². The van der Waals surface area contributed by atoms with Crippen LogP contribution in [0.1, 0.15) is 23.7 Å². The predicted molar refractivity (Wildman–Crippen MR) is 102 cm³/mol. The monoisotopic (exact) mass is 359 g/mol. The molecule has 0 aromatic heterocycles. The van der Waals surface area contributed by atoms with Gasteiger partial charge in [-0.3, -0.25) is 9.59 Å². The summed E-state index contributed by atoms with van der Waals surface area (Å²) in [6, 6.07) is 16.0. The fourth-order valence-electron chi connectivity index (χ4n) is 3.16. The summed E-state index contributed by atoms with van der Waals surface area (Å²) < 4.78 is 0. The lowest BCUT2D eigenvalue weighted by atomic mass is 10.1. The number of hydrogen-bond acceptors (Lipinski definition) is 3. The summed E-state index contributed by atoms with van der Waals surface area (Å²) in [6.45, 7) is 2.99. The van der Waals surface area contributed by atoms with Gasteiger partial charge in [-0.25, -0.2) is 0 Å². The molecule has 0 aliphatic carbocycles. The maximum absolute atomic E-state index is 12.8. The first-order chi connectivity index (χ1) is 11.6. The van der Waals surface area contributed by atoms with Crippen LogP contribution in [-0.2, 0) is 4.79 Å². The molecule has 1 heterocycles. The highest BCUT2D eigenvalue weighted by Crippen LogP contribution is 2.25. The third-order valence-electron chi connectivity index (χ3n) is 4.36. The van der Waals surface area contributed by atoms with Crippen LogP contribution in [0.15, 0.2) is 54.6 Å². The molecule has 0 radical (unpaired) electrons. The van der Waals surface area contributed by atoms with Gasteiger partial charge in [0.15, 0.2) is 0 Å². The summed E-state index contributed by atoms with van der Waals surface area (Å²) in [4.78, 5) is 29.0. The van der Waals surface area contributed by atoms with Crippen LogP contribution in [0.5, 0.6) is 0 Å². The first kappa shape index (κ1) is 18.8. The molecule has 1 unspecified atom stereocenters. The highest BCUT2D eigenvalue weighted by molar-refractivity contribution is 6.04. The zero-order chi connectivity index (χ0) is 17.1. The number of amides is 2. The summed E-state index contributed by atoms with van der Waals surface area (Å²) in [7, 11) is 0. The number of nitrogen functional groups attached to an aromatic ring is 1. The van der Waals surface area contributed by atoms with Gasteiger partial charge in [0.1, 0.15) is 6.04 Å². The van der Waals surface area contributed by atoms with Crippen LogP contribution in [0, 0.1) is 0 Å². The number of benzene rings is 2. The van der Waals surface area contributed by atoms with E-state index in [4.69, 9.17) is 5.73 Å². The Bertz CT molecular complexity index is 751. The van der Waals surface area contributed by atoms with Gasteiger partial charge in [0.25, 0.3) is 5.91 Å². The summed E-state index contributed by atoms with van der Waals surface area (Å²) in [5.74, 6) is -0.182. The normalized spacial score (nSPS) is 16.4. The first-order valence-electron chi connectivity index (χ1n) is 8.14. The standard InChI is InChI=1S/C19H21N3O2.ClH/c1-2-21(18(23)14-7-6-8-15(20)13-14)17-11-12-22(19(17)24)16-9-4-3-5-10-16;/h3-10,13,17H,2,11-12,20H2,1H3;1H. The Morgan fingerprint density at radius 3 is 2.56 bits per heavy atom. The molecule has 2 N–H and O–H groups in total. The Morgan fingerprint density at radius 1 is 1.20 bits per heavy atom. The maximum atomic E-state index is 12.8. The minimum absolute atomic E-state index is 0. The summed E-state index contributed by atoms with van der Waals surface area (Å²) in [6.07, 6.45) is 0.635. The average molecular weight is 360 g/mol. The molecule has 1 saturated heterocycles. The molecule has 6 heteroatoms. The molecule has 5 nitrogen and oxygen atoms in total. The van der Waals surface area contributed by atoms with E-state index in [-0.39, 0.29) is 24.2 Å². The molecule has 3 rings (SSSR count). The summed E-state index contributed by atoms with van der Waals surface area (Å²) in [5.41, 5.74) is 7.70. The predicted octanol–water partition coefficient (Wildman–Crippen LogP) is 2.96. The Labute approximate surface area is 153 Å². The number of anilines is 2. The maximum Gasteiger partial charge on any atom is 0.254 e. The van der Waals surface area contributed by atoms with Crippen molar-refractivity contribution in [3.8, 4) is 0 Å². The van der Waals surface area contributed by atoms with E-state index in [1.54, 1.807) is 34.1 Å². The molecule has 1 fully saturated rings. The highest BCUT2D eigenvalue weighted by Gasteiger charge is 2.38. The number of halogens is 1. The van der Waals surface area contributed by atoms with E-state index in [9.17, 15) is 9.59 Å². The largest absolute Gasteiger partial charge is 0.399 e. The van der Waals surface area contributed by atoms with Gasteiger partial charge in [-0.15, -0.1) is 12.4 Å². The SMILES string of the molecule is CCN(C(=O)c1cccc(N)c1)C1CCN(c2ccccc2)C1=O.Cl. The molecule has 1 atom stereocenters. The van der Waals surface area contributed by atoms with Crippen LogP contribution < -0.4 is 10.6 Å². The highest BCUT2D eigenvalue weighted by atomic mass is 35.5. The molecule has 2 amide bonds. The fourth-order valence-corrected chi connectivity index (χ4v) is 3.16. The molecular weight excluding hydrogens is 338 g/mol. The van der Waals surface area contributed by atoms with Crippen molar-refractivity contribution < 1.29 is 9.59 Å². The van der Waals surface area contributed by atoms with Gasteiger partial charge in [-0.05, 0) is 43.7 Å². The second-order valence-electron chi connectivity index (χ2n) is 5.85. The van der Waals surface area contributed by atoms with E-state index in [0.717, 1.165) is 5.69 Å². The number of carbonyl (C=O) groups excluding carboxylic acids is 2. The lowest BCUT2D eigenvalue weighted by molar-refractivity contribution is -0.120. The van der Waals surface area contributed by atoms with Crippen molar-refractivity contribution in [2.24, 2.45) is 0 Å². The Balaban J connectivity index is 0.00000225. The van der Waals surface area contributed by atoms with Crippen molar-refractivity contribution in [1.29, 1.82) is 0 Å². The second kappa shape index (κ2) is 8.03. The van der Waals surface area contributed by atoms with Gasteiger partial charge in [-0.2, -0.15) is 0 Å². The number of para-hydroxylation sites is 1. The van der Waals surface area contributed by atoms with Gasteiger partial charge in [0.05, 0.1) is 0 Å². The van der Waals surface area contributed by atoms with Crippen molar-refractivity contribution in [2.45, 2.75) is 19.4 Å². The molecule has 25 heavy (non-hydrogen) atoms. The zero-order valence-electron chi connectivity index (χ0n) is 14.1. The van der Waals surface area contributed by atoms with Crippen molar-refractivity contribution >= 4 is 35.6 Å². The van der Waals surface area contributed by atoms with Gasteiger partial charge in [0, 0.05) is 30.0 Å². The minimum Gasteiger partial charge on any atom is -0.399 e. The number of nitrogens with two attached hydrogens (primary N) is 1. The van der Waals surface area contributed by atoms with E-state index < -0.39 is 6.04 Å².